The van der Waals surface area contributed by atoms with Gasteiger partial charge in [-0.05, 0) is 12.8 Å². The number of rotatable bonds is 6. The Labute approximate surface area is 82.2 Å². The van der Waals surface area contributed by atoms with Gasteiger partial charge in [0.2, 0.25) is 0 Å². The second-order valence-corrected chi connectivity index (χ2v) is 4.31. The smallest absolute Gasteiger partial charge is 0.316 e. The van der Waals surface area contributed by atoms with Crippen molar-refractivity contribution in [2.24, 2.45) is 5.73 Å². The molecule has 14 heavy (non-hydrogen) atoms. The first-order valence-corrected chi connectivity index (χ1v) is 5.58. The van der Waals surface area contributed by atoms with Gasteiger partial charge in [-0.25, -0.2) is 4.79 Å². The minimum absolute atomic E-state index is 0.168. The third-order valence-corrected chi connectivity index (χ3v) is 2.37. The zero-order valence-corrected chi connectivity index (χ0v) is 8.40. The largest absolute Gasteiger partial charge is 0.376 e. The number of urea groups is 1. The summed E-state index contributed by atoms with van der Waals surface area (Å²) < 4.78 is 28.9. The third-order valence-electron chi connectivity index (χ3n) is 1.56. The first kappa shape index (κ1) is 13.1. The number of unbranched alkanes of at least 4 members (excludes halogenated alkanes) is 1. The number of aliphatic hydroxyl groups is 1. The lowest BCUT2D eigenvalue weighted by Crippen LogP contribution is -2.37. The van der Waals surface area contributed by atoms with Gasteiger partial charge < -0.3 is 15.7 Å². The molecule has 0 atom stereocenters. The average molecular weight is 226 g/mol. The van der Waals surface area contributed by atoms with Crippen LogP contribution < -0.4 is 5.73 Å². The summed E-state index contributed by atoms with van der Waals surface area (Å²) in [5, 5.41) is 8.61. The van der Waals surface area contributed by atoms with Crippen LogP contribution in [0.25, 0.3) is 0 Å². The second kappa shape index (κ2) is 5.78. The van der Waals surface area contributed by atoms with Crippen LogP contribution in [0.4, 0.5) is 4.79 Å². The number of carbonyl (C=O) groups excluding carboxylic acids is 1. The lowest BCUT2D eigenvalue weighted by molar-refractivity contribution is 0.127. The summed E-state index contributed by atoms with van der Waals surface area (Å²) >= 11 is 0. The summed E-state index contributed by atoms with van der Waals surface area (Å²) in [7, 11) is -3.95. The molecule has 0 aromatic heterocycles. The van der Waals surface area contributed by atoms with Crippen molar-refractivity contribution in [2.45, 2.75) is 12.8 Å². The normalized spacial score (nSPS) is 11.3. The zero-order valence-electron chi connectivity index (χ0n) is 7.59. The van der Waals surface area contributed by atoms with Crippen molar-refractivity contribution >= 4 is 16.1 Å². The molecule has 0 radical (unpaired) electrons. The maximum absolute atomic E-state index is 10.5. The number of nitrogens with two attached hydrogens (primary N) is 1. The molecule has 0 heterocycles. The standard InChI is InChI=1S/C6H14N2O5S/c7-6(10)8(5-9)3-1-2-4-14(11,12)13/h9H,1-5H2,(H2,7,10)(H,11,12,13). The van der Waals surface area contributed by atoms with E-state index in [1.54, 1.807) is 0 Å². The van der Waals surface area contributed by atoms with Crippen molar-refractivity contribution in [3.8, 4) is 0 Å². The topological polar surface area (TPSA) is 121 Å². The molecule has 7 nitrogen and oxygen atoms in total. The van der Waals surface area contributed by atoms with Gasteiger partial charge in [-0.1, -0.05) is 0 Å². The maximum Gasteiger partial charge on any atom is 0.316 e. The fourth-order valence-electron chi connectivity index (χ4n) is 0.838. The van der Waals surface area contributed by atoms with Crippen molar-refractivity contribution in [1.82, 2.24) is 4.90 Å². The Kier molecular flexibility index (Phi) is 5.43. The third kappa shape index (κ3) is 6.63. The summed E-state index contributed by atoms with van der Waals surface area (Å²) in [6.45, 7) is -0.331. The maximum atomic E-state index is 10.5. The highest BCUT2D eigenvalue weighted by atomic mass is 32.2. The molecule has 0 aromatic carbocycles. The van der Waals surface area contributed by atoms with Crippen molar-refractivity contribution in [2.75, 3.05) is 19.0 Å². The van der Waals surface area contributed by atoms with Gasteiger partial charge in [-0.2, -0.15) is 8.42 Å². The minimum atomic E-state index is -3.95. The molecule has 0 fully saturated rings. The molecule has 0 rings (SSSR count). The zero-order chi connectivity index (χ0) is 11.2. The van der Waals surface area contributed by atoms with E-state index in [0.29, 0.717) is 6.42 Å². The molecule has 0 aliphatic carbocycles. The van der Waals surface area contributed by atoms with Gasteiger partial charge in [0.05, 0.1) is 5.75 Å². The lowest BCUT2D eigenvalue weighted by Gasteiger charge is -2.16. The molecule has 84 valence electrons. The molecule has 4 N–H and O–H groups in total. The average Bonchev–Trinajstić information content (AvgIpc) is 2.01. The van der Waals surface area contributed by atoms with Crippen LogP contribution in [0.2, 0.25) is 0 Å². The van der Waals surface area contributed by atoms with E-state index in [4.69, 9.17) is 15.4 Å². The van der Waals surface area contributed by atoms with Gasteiger partial charge in [0, 0.05) is 6.54 Å². The van der Waals surface area contributed by atoms with Crippen LogP contribution in [0, 0.1) is 0 Å². The number of hydrogen-bond donors (Lipinski definition) is 3. The fourth-order valence-corrected chi connectivity index (χ4v) is 1.41. The summed E-state index contributed by atoms with van der Waals surface area (Å²) in [6, 6.07) is -0.764. The van der Waals surface area contributed by atoms with Gasteiger partial charge in [0.1, 0.15) is 6.73 Å². The van der Waals surface area contributed by atoms with Gasteiger partial charge in [0.15, 0.2) is 0 Å². The Hall–Kier alpha value is -0.860. The highest BCUT2D eigenvalue weighted by Crippen LogP contribution is 1.97. The van der Waals surface area contributed by atoms with E-state index in [1.807, 2.05) is 0 Å². The monoisotopic (exact) mass is 226 g/mol. The summed E-state index contributed by atoms with van der Waals surface area (Å²) in [6.07, 6.45) is 0.561. The number of amides is 2. The van der Waals surface area contributed by atoms with E-state index in [1.165, 1.54) is 0 Å². The Bertz CT molecular complexity index is 276. The number of nitrogens with zero attached hydrogens (tertiary/aromatic N) is 1. The fraction of sp³-hybridized carbons (Fsp3) is 0.833. The molecule has 0 aliphatic rings. The lowest BCUT2D eigenvalue weighted by atomic mass is 10.3. The number of carbonyl (C=O) groups is 1. The van der Waals surface area contributed by atoms with Gasteiger partial charge in [-0.15, -0.1) is 0 Å². The quantitative estimate of drug-likeness (QED) is 0.304. The Morgan fingerprint density at radius 2 is 1.93 bits per heavy atom. The van der Waals surface area contributed by atoms with Crippen LogP contribution in [-0.4, -0.2) is 48.0 Å². The summed E-state index contributed by atoms with van der Waals surface area (Å²) in [4.78, 5) is 11.5. The van der Waals surface area contributed by atoms with E-state index >= 15 is 0 Å². The van der Waals surface area contributed by atoms with Crippen LogP contribution in [0.5, 0.6) is 0 Å². The van der Waals surface area contributed by atoms with Gasteiger partial charge >= 0.3 is 6.03 Å². The molecule has 0 aliphatic heterocycles. The molecule has 0 unspecified atom stereocenters. The molecule has 0 aromatic rings. The predicted molar refractivity (Wildman–Crippen MR) is 49.0 cm³/mol. The van der Waals surface area contributed by atoms with Crippen molar-refractivity contribution < 1.29 is 22.9 Å². The van der Waals surface area contributed by atoms with Crippen LogP contribution in [0.1, 0.15) is 12.8 Å². The second-order valence-electron chi connectivity index (χ2n) is 2.74. The summed E-state index contributed by atoms with van der Waals surface area (Å²) in [5.74, 6) is -0.356. The SMILES string of the molecule is NC(=O)N(CO)CCCCS(=O)(=O)O. The van der Waals surface area contributed by atoms with Crippen LogP contribution >= 0.6 is 0 Å². The van der Waals surface area contributed by atoms with Gasteiger partial charge in [0.25, 0.3) is 10.1 Å². The van der Waals surface area contributed by atoms with E-state index in [-0.39, 0.29) is 18.7 Å². The van der Waals surface area contributed by atoms with Crippen molar-refractivity contribution in [3.63, 3.8) is 0 Å². The van der Waals surface area contributed by atoms with E-state index < -0.39 is 22.9 Å². The number of hydrogen-bond acceptors (Lipinski definition) is 4. The molecular formula is C6H14N2O5S. The minimum Gasteiger partial charge on any atom is -0.376 e. The first-order valence-electron chi connectivity index (χ1n) is 3.97. The molecule has 0 bridgehead atoms. The summed E-state index contributed by atoms with van der Waals surface area (Å²) in [5.41, 5.74) is 4.87. The highest BCUT2D eigenvalue weighted by Gasteiger charge is 2.08. The number of aliphatic hydroxyl groups excluding tert-OH is 1. The first-order chi connectivity index (χ1) is 6.37. The molecule has 0 saturated heterocycles. The van der Waals surface area contributed by atoms with Crippen LogP contribution in [0.3, 0.4) is 0 Å². The van der Waals surface area contributed by atoms with Crippen molar-refractivity contribution in [3.05, 3.63) is 0 Å². The van der Waals surface area contributed by atoms with Crippen LogP contribution in [0.15, 0.2) is 0 Å². The Morgan fingerprint density at radius 3 is 2.29 bits per heavy atom. The van der Waals surface area contributed by atoms with E-state index in [2.05, 4.69) is 0 Å². The number of primary amides is 1. The van der Waals surface area contributed by atoms with E-state index in [9.17, 15) is 13.2 Å². The predicted octanol–water partition coefficient (Wildman–Crippen LogP) is -1.02. The highest BCUT2D eigenvalue weighted by molar-refractivity contribution is 7.85. The molecule has 8 heteroatoms. The van der Waals surface area contributed by atoms with Gasteiger partial charge in [-0.3, -0.25) is 4.55 Å². The molecular weight excluding hydrogens is 212 g/mol. The van der Waals surface area contributed by atoms with Crippen molar-refractivity contribution in [1.29, 1.82) is 0 Å². The Morgan fingerprint density at radius 1 is 1.36 bits per heavy atom. The molecule has 0 saturated carbocycles. The van der Waals surface area contributed by atoms with Crippen LogP contribution in [-0.2, 0) is 10.1 Å². The van der Waals surface area contributed by atoms with E-state index in [0.717, 1.165) is 4.90 Å². The Balaban J connectivity index is 3.68. The molecule has 0 spiro atoms. The molecule has 2 amide bonds.